The molecule has 6 heteroatoms. The Kier molecular flexibility index (Phi) is 4.69. The minimum Gasteiger partial charge on any atom is -0.488 e. The summed E-state index contributed by atoms with van der Waals surface area (Å²) in [6, 6.07) is 15.0. The highest BCUT2D eigenvalue weighted by Gasteiger charge is 2.20. The Labute approximate surface area is 143 Å². The van der Waals surface area contributed by atoms with Crippen LogP contribution in [0, 0.1) is 0 Å². The first-order valence-corrected chi connectivity index (χ1v) is 8.06. The van der Waals surface area contributed by atoms with Crippen LogP contribution in [0.2, 0.25) is 5.02 Å². The van der Waals surface area contributed by atoms with Crippen LogP contribution in [0.3, 0.4) is 0 Å². The van der Waals surface area contributed by atoms with Crippen molar-refractivity contribution in [1.82, 2.24) is 0 Å². The van der Waals surface area contributed by atoms with Crippen molar-refractivity contribution >= 4 is 40.5 Å². The number of hydrogen-bond acceptors (Lipinski definition) is 4. The molecule has 0 fully saturated rings. The van der Waals surface area contributed by atoms with E-state index in [2.05, 4.69) is 4.99 Å². The molecule has 3 rings (SSSR count). The summed E-state index contributed by atoms with van der Waals surface area (Å²) in [5, 5.41) is 0.918. The molecule has 1 aliphatic rings. The predicted molar refractivity (Wildman–Crippen MR) is 94.4 cm³/mol. The van der Waals surface area contributed by atoms with Gasteiger partial charge in [-0.25, -0.2) is 0 Å². The van der Waals surface area contributed by atoms with Crippen molar-refractivity contribution in [1.29, 1.82) is 0 Å². The molecule has 0 unspecified atom stereocenters. The summed E-state index contributed by atoms with van der Waals surface area (Å²) in [5.41, 5.74) is 7.25. The minimum absolute atomic E-state index is 0.260. The van der Waals surface area contributed by atoms with E-state index in [0.717, 1.165) is 22.9 Å². The molecule has 23 heavy (non-hydrogen) atoms. The van der Waals surface area contributed by atoms with Crippen molar-refractivity contribution in [3.8, 4) is 5.75 Å². The van der Waals surface area contributed by atoms with Crippen LogP contribution in [-0.2, 0) is 11.4 Å². The van der Waals surface area contributed by atoms with Gasteiger partial charge in [-0.2, -0.15) is 4.99 Å². The Balaban J connectivity index is 1.80. The summed E-state index contributed by atoms with van der Waals surface area (Å²) in [4.78, 5) is 15.9. The molecule has 0 atom stereocenters. The Morgan fingerprint density at radius 2 is 1.91 bits per heavy atom. The van der Waals surface area contributed by atoms with Crippen LogP contribution >= 0.6 is 23.4 Å². The molecule has 0 spiro atoms. The first-order valence-electron chi connectivity index (χ1n) is 6.87. The normalized spacial score (nSPS) is 15.8. The number of thioether (sulfide) groups is 1. The van der Waals surface area contributed by atoms with Gasteiger partial charge in [0.1, 0.15) is 12.4 Å². The van der Waals surface area contributed by atoms with E-state index in [9.17, 15) is 4.79 Å². The Morgan fingerprint density at radius 3 is 2.65 bits per heavy atom. The van der Waals surface area contributed by atoms with E-state index in [-0.39, 0.29) is 11.1 Å². The highest BCUT2D eigenvalue weighted by atomic mass is 35.5. The van der Waals surface area contributed by atoms with E-state index in [1.165, 1.54) is 0 Å². The lowest BCUT2D eigenvalue weighted by atomic mass is 10.2. The van der Waals surface area contributed by atoms with E-state index in [4.69, 9.17) is 22.1 Å². The first-order chi connectivity index (χ1) is 11.1. The lowest BCUT2D eigenvalue weighted by Gasteiger charge is -2.10. The van der Waals surface area contributed by atoms with Crippen molar-refractivity contribution in [2.75, 3.05) is 0 Å². The summed E-state index contributed by atoms with van der Waals surface area (Å²) >= 11 is 7.29. The molecule has 4 nitrogen and oxygen atoms in total. The minimum atomic E-state index is -0.326. The third-order valence-corrected chi connectivity index (χ3v) is 4.37. The van der Waals surface area contributed by atoms with Crippen LogP contribution in [0.25, 0.3) is 6.08 Å². The van der Waals surface area contributed by atoms with E-state index >= 15 is 0 Å². The number of para-hydroxylation sites is 1. The molecule has 1 amide bonds. The van der Waals surface area contributed by atoms with Gasteiger partial charge in [0.05, 0.1) is 4.91 Å². The van der Waals surface area contributed by atoms with Gasteiger partial charge in [-0.15, -0.1) is 0 Å². The third-order valence-electron chi connectivity index (χ3n) is 3.18. The van der Waals surface area contributed by atoms with Crippen molar-refractivity contribution in [3.63, 3.8) is 0 Å². The monoisotopic (exact) mass is 344 g/mol. The van der Waals surface area contributed by atoms with Gasteiger partial charge in [-0.3, -0.25) is 4.79 Å². The predicted octanol–water partition coefficient (Wildman–Crippen LogP) is 3.85. The van der Waals surface area contributed by atoms with Crippen molar-refractivity contribution in [2.24, 2.45) is 10.7 Å². The number of hydrogen-bond donors (Lipinski definition) is 1. The highest BCUT2D eigenvalue weighted by molar-refractivity contribution is 8.18. The fraction of sp³-hybridized carbons (Fsp3) is 0.0588. The van der Waals surface area contributed by atoms with Gasteiger partial charge in [0.25, 0.3) is 5.91 Å². The second-order valence-electron chi connectivity index (χ2n) is 4.78. The number of amides is 1. The molecule has 0 radical (unpaired) electrons. The molecule has 0 saturated carbocycles. The number of aliphatic imine (C=N–C) groups is 1. The van der Waals surface area contributed by atoms with Crippen LogP contribution < -0.4 is 10.5 Å². The maximum atomic E-state index is 11.7. The number of carbonyl (C=O) groups excluding carboxylic acids is 1. The largest absolute Gasteiger partial charge is 0.488 e. The second-order valence-corrected chi connectivity index (χ2v) is 6.25. The van der Waals surface area contributed by atoms with Crippen molar-refractivity contribution in [2.45, 2.75) is 6.61 Å². The number of ether oxygens (including phenoxy) is 1. The van der Waals surface area contributed by atoms with Gasteiger partial charge in [0.15, 0.2) is 5.17 Å². The van der Waals surface area contributed by atoms with Gasteiger partial charge in [0, 0.05) is 16.1 Å². The van der Waals surface area contributed by atoms with Gasteiger partial charge < -0.3 is 10.5 Å². The molecule has 116 valence electrons. The van der Waals surface area contributed by atoms with Crippen molar-refractivity contribution in [3.05, 3.63) is 69.6 Å². The Bertz CT molecular complexity index is 818. The fourth-order valence-corrected chi connectivity index (χ4v) is 2.93. The number of benzene rings is 2. The van der Waals surface area contributed by atoms with Gasteiger partial charge in [0.2, 0.25) is 0 Å². The molecule has 0 saturated heterocycles. The van der Waals surface area contributed by atoms with E-state index in [0.29, 0.717) is 22.3 Å². The van der Waals surface area contributed by atoms with E-state index in [1.807, 2.05) is 48.5 Å². The molecular weight excluding hydrogens is 332 g/mol. The van der Waals surface area contributed by atoms with Crippen LogP contribution in [0.4, 0.5) is 0 Å². The lowest BCUT2D eigenvalue weighted by molar-refractivity contribution is -0.113. The zero-order valence-electron chi connectivity index (χ0n) is 12.0. The van der Waals surface area contributed by atoms with E-state index < -0.39 is 0 Å². The molecule has 0 aromatic heterocycles. The summed E-state index contributed by atoms with van der Waals surface area (Å²) in [7, 11) is 0. The number of amidine groups is 1. The molecule has 0 bridgehead atoms. The Hall–Kier alpha value is -2.24. The van der Waals surface area contributed by atoms with Crippen LogP contribution in [0.5, 0.6) is 5.75 Å². The number of nitrogens with two attached hydrogens (primary N) is 1. The topological polar surface area (TPSA) is 64.7 Å². The molecule has 1 aliphatic heterocycles. The Morgan fingerprint density at radius 1 is 1.17 bits per heavy atom. The maximum Gasteiger partial charge on any atom is 0.286 e. The summed E-state index contributed by atoms with van der Waals surface area (Å²) in [6.45, 7) is 0.347. The molecule has 0 aliphatic carbocycles. The average Bonchev–Trinajstić information content (AvgIpc) is 2.85. The van der Waals surface area contributed by atoms with Crippen LogP contribution in [0.1, 0.15) is 11.1 Å². The number of halogens is 1. The maximum absolute atomic E-state index is 11.7. The summed E-state index contributed by atoms with van der Waals surface area (Å²) < 4.78 is 5.86. The summed E-state index contributed by atoms with van der Waals surface area (Å²) in [6.07, 6.45) is 1.73. The van der Waals surface area contributed by atoms with Crippen LogP contribution in [-0.4, -0.2) is 11.1 Å². The SMILES string of the molecule is NC1=NC(=O)/C(=C/c2ccccc2OCc2ccccc2Cl)S1. The molecule has 2 aromatic rings. The third kappa shape index (κ3) is 3.75. The average molecular weight is 345 g/mol. The smallest absolute Gasteiger partial charge is 0.286 e. The van der Waals surface area contributed by atoms with Gasteiger partial charge in [-0.1, -0.05) is 48.0 Å². The second kappa shape index (κ2) is 6.89. The quantitative estimate of drug-likeness (QED) is 0.856. The zero-order valence-corrected chi connectivity index (χ0v) is 13.6. The standard InChI is InChI=1S/C17H13ClN2O2S/c18-13-7-3-1-6-12(13)10-22-14-8-4-2-5-11(14)9-15-16(21)20-17(19)23-15/h1-9H,10H2,(H2,19,20,21)/b15-9-. The van der Waals surface area contributed by atoms with Gasteiger partial charge in [-0.05, 0) is 30.0 Å². The van der Waals surface area contributed by atoms with Crippen LogP contribution in [0.15, 0.2) is 58.4 Å². The number of carbonyl (C=O) groups is 1. The van der Waals surface area contributed by atoms with Crippen molar-refractivity contribution < 1.29 is 9.53 Å². The number of nitrogens with zero attached hydrogens (tertiary/aromatic N) is 1. The highest BCUT2D eigenvalue weighted by Crippen LogP contribution is 2.30. The zero-order chi connectivity index (χ0) is 16.2. The lowest BCUT2D eigenvalue weighted by Crippen LogP contribution is -2.01. The number of rotatable bonds is 4. The molecule has 2 aromatic carbocycles. The summed E-state index contributed by atoms with van der Waals surface area (Å²) in [5.74, 6) is 0.340. The van der Waals surface area contributed by atoms with E-state index in [1.54, 1.807) is 6.08 Å². The first kappa shape index (κ1) is 15.6. The molecule has 2 N–H and O–H groups in total. The molecule has 1 heterocycles. The fourth-order valence-electron chi connectivity index (χ4n) is 2.07. The van der Waals surface area contributed by atoms with Gasteiger partial charge >= 0.3 is 0 Å². The molecular formula is C17H13ClN2O2S.